The van der Waals surface area contributed by atoms with Gasteiger partial charge in [0.05, 0.1) is 5.69 Å². The van der Waals surface area contributed by atoms with Crippen molar-refractivity contribution < 1.29 is 9.53 Å². The Labute approximate surface area is 202 Å². The first-order valence-electron chi connectivity index (χ1n) is 10.4. The van der Waals surface area contributed by atoms with Gasteiger partial charge >= 0.3 is 0 Å². The number of benzene rings is 4. The van der Waals surface area contributed by atoms with Crippen LogP contribution in [-0.4, -0.2) is 18.7 Å². The van der Waals surface area contributed by atoms with Crippen molar-refractivity contribution in [1.29, 1.82) is 0 Å². The monoisotopic (exact) mass is 476 g/mol. The lowest BCUT2D eigenvalue weighted by molar-refractivity contribution is -0.118. The van der Waals surface area contributed by atoms with Gasteiger partial charge in [0.2, 0.25) is 0 Å². The maximum absolute atomic E-state index is 12.5. The van der Waals surface area contributed by atoms with Gasteiger partial charge in [-0.2, -0.15) is 0 Å². The average molecular weight is 477 g/mol. The van der Waals surface area contributed by atoms with Crippen LogP contribution in [0.4, 0.5) is 11.4 Å². The standard InChI is InChI=1S/C27H22Cl2N2O2/c1-17-8-11-21(14-24(17)29)31-27(32)16-33-26-12-9-19-5-3-4-6-22(19)23(26)15-30-25-13-20(28)10-7-18(25)2/h3-15H,16H2,1-2H3,(H,31,32). The smallest absolute Gasteiger partial charge is 0.262 e. The van der Waals surface area contributed by atoms with Gasteiger partial charge in [-0.05, 0) is 66.1 Å². The number of aryl methyl sites for hydroxylation is 2. The Morgan fingerprint density at radius 3 is 2.58 bits per heavy atom. The molecule has 0 saturated heterocycles. The number of hydrogen-bond acceptors (Lipinski definition) is 3. The lowest BCUT2D eigenvalue weighted by Crippen LogP contribution is -2.20. The zero-order valence-electron chi connectivity index (χ0n) is 18.2. The molecule has 0 fully saturated rings. The van der Waals surface area contributed by atoms with Crippen LogP contribution in [0.25, 0.3) is 10.8 Å². The molecule has 1 amide bonds. The SMILES string of the molecule is Cc1ccc(NC(=O)COc2ccc3ccccc3c2C=Nc2cc(Cl)ccc2C)cc1Cl. The summed E-state index contributed by atoms with van der Waals surface area (Å²) in [5.74, 6) is 0.283. The fourth-order valence-electron chi connectivity index (χ4n) is 3.40. The van der Waals surface area contributed by atoms with E-state index >= 15 is 0 Å². The maximum atomic E-state index is 12.5. The molecule has 0 aliphatic rings. The number of fused-ring (bicyclic) bond motifs is 1. The molecule has 0 heterocycles. The zero-order chi connectivity index (χ0) is 23.4. The summed E-state index contributed by atoms with van der Waals surface area (Å²) in [6.07, 6.45) is 1.76. The van der Waals surface area contributed by atoms with Crippen molar-refractivity contribution in [2.75, 3.05) is 11.9 Å². The molecule has 0 aliphatic carbocycles. The second-order valence-corrected chi connectivity index (χ2v) is 8.53. The van der Waals surface area contributed by atoms with E-state index < -0.39 is 0 Å². The van der Waals surface area contributed by atoms with Crippen molar-refractivity contribution in [2.45, 2.75) is 13.8 Å². The number of hydrogen-bond donors (Lipinski definition) is 1. The fraction of sp³-hybridized carbons (Fsp3) is 0.111. The second kappa shape index (κ2) is 10.1. The number of nitrogens with one attached hydrogen (secondary N) is 1. The minimum Gasteiger partial charge on any atom is -0.483 e. The third kappa shape index (κ3) is 5.54. The van der Waals surface area contributed by atoms with Crippen molar-refractivity contribution in [3.05, 3.63) is 99.5 Å². The molecule has 0 atom stereocenters. The summed E-state index contributed by atoms with van der Waals surface area (Å²) in [6, 6.07) is 22.7. The van der Waals surface area contributed by atoms with Crippen LogP contribution in [0.3, 0.4) is 0 Å². The zero-order valence-corrected chi connectivity index (χ0v) is 19.7. The number of carbonyl (C=O) groups is 1. The predicted octanol–water partition coefficient (Wildman–Crippen LogP) is 7.53. The third-order valence-corrected chi connectivity index (χ3v) is 5.89. The van der Waals surface area contributed by atoms with E-state index in [0.29, 0.717) is 21.5 Å². The van der Waals surface area contributed by atoms with Gasteiger partial charge in [0.15, 0.2) is 6.61 Å². The minimum absolute atomic E-state index is 0.152. The van der Waals surface area contributed by atoms with Crippen LogP contribution in [-0.2, 0) is 4.79 Å². The topological polar surface area (TPSA) is 50.7 Å². The Morgan fingerprint density at radius 2 is 1.76 bits per heavy atom. The molecule has 4 aromatic carbocycles. The number of ether oxygens (including phenoxy) is 1. The molecule has 0 aliphatic heterocycles. The summed E-state index contributed by atoms with van der Waals surface area (Å²) < 4.78 is 5.91. The summed E-state index contributed by atoms with van der Waals surface area (Å²) in [4.78, 5) is 17.1. The molecule has 4 aromatic rings. The summed E-state index contributed by atoms with van der Waals surface area (Å²) in [6.45, 7) is 3.73. The van der Waals surface area contributed by atoms with Crippen LogP contribution in [0.15, 0.2) is 77.8 Å². The van der Waals surface area contributed by atoms with Gasteiger partial charge in [0.1, 0.15) is 5.75 Å². The summed E-state index contributed by atoms with van der Waals surface area (Å²) in [5.41, 5.74) is 4.14. The van der Waals surface area contributed by atoms with E-state index in [1.54, 1.807) is 18.3 Å². The van der Waals surface area contributed by atoms with Crippen molar-refractivity contribution in [3.8, 4) is 5.75 Å². The van der Waals surface area contributed by atoms with Crippen LogP contribution in [0, 0.1) is 13.8 Å². The molecule has 0 radical (unpaired) electrons. The lowest BCUT2D eigenvalue weighted by atomic mass is 10.0. The highest BCUT2D eigenvalue weighted by Gasteiger charge is 2.11. The Morgan fingerprint density at radius 1 is 0.970 bits per heavy atom. The Kier molecular flexibility index (Phi) is 6.97. The molecular weight excluding hydrogens is 455 g/mol. The Hall–Kier alpha value is -3.34. The van der Waals surface area contributed by atoms with Crippen LogP contribution in [0.1, 0.15) is 16.7 Å². The molecule has 0 unspecified atom stereocenters. The molecular formula is C27H22Cl2N2O2. The molecule has 33 heavy (non-hydrogen) atoms. The first-order valence-corrected chi connectivity index (χ1v) is 11.2. The maximum Gasteiger partial charge on any atom is 0.262 e. The number of nitrogens with zero attached hydrogens (tertiary/aromatic N) is 1. The Bertz CT molecular complexity index is 1370. The van der Waals surface area contributed by atoms with Gasteiger partial charge in [0.25, 0.3) is 5.91 Å². The summed E-state index contributed by atoms with van der Waals surface area (Å²) in [5, 5.41) is 6.05. The van der Waals surface area contributed by atoms with Crippen LogP contribution in [0.5, 0.6) is 5.75 Å². The van der Waals surface area contributed by atoms with Crippen LogP contribution < -0.4 is 10.1 Å². The molecule has 6 heteroatoms. The normalized spacial score (nSPS) is 11.2. The molecule has 166 valence electrons. The number of amides is 1. The van der Waals surface area contributed by atoms with Gasteiger partial charge in [-0.3, -0.25) is 9.79 Å². The number of halogens is 2. The van der Waals surface area contributed by atoms with Crippen molar-refractivity contribution in [1.82, 2.24) is 0 Å². The van der Waals surface area contributed by atoms with E-state index in [0.717, 1.165) is 33.2 Å². The molecule has 0 aromatic heterocycles. The summed E-state index contributed by atoms with van der Waals surface area (Å²) >= 11 is 12.3. The molecule has 4 nitrogen and oxygen atoms in total. The molecule has 1 N–H and O–H groups in total. The third-order valence-electron chi connectivity index (χ3n) is 5.25. The lowest BCUT2D eigenvalue weighted by Gasteiger charge is -2.12. The fourth-order valence-corrected chi connectivity index (χ4v) is 3.75. The van der Waals surface area contributed by atoms with Gasteiger partial charge in [0, 0.05) is 27.5 Å². The van der Waals surface area contributed by atoms with Crippen LogP contribution in [0.2, 0.25) is 10.0 Å². The average Bonchev–Trinajstić information content (AvgIpc) is 2.81. The molecule has 4 rings (SSSR count). The highest BCUT2D eigenvalue weighted by atomic mass is 35.5. The first kappa shape index (κ1) is 22.8. The largest absolute Gasteiger partial charge is 0.483 e. The Balaban J connectivity index is 1.59. The first-order chi connectivity index (χ1) is 15.9. The predicted molar refractivity (Wildman–Crippen MR) is 138 cm³/mol. The van der Waals surface area contributed by atoms with E-state index in [1.807, 2.05) is 74.5 Å². The summed E-state index contributed by atoms with van der Waals surface area (Å²) in [7, 11) is 0. The van der Waals surface area contributed by atoms with Crippen LogP contribution >= 0.6 is 23.2 Å². The van der Waals surface area contributed by atoms with E-state index in [9.17, 15) is 4.79 Å². The number of anilines is 1. The molecule has 0 bridgehead atoms. The van der Waals surface area contributed by atoms with Crippen molar-refractivity contribution in [3.63, 3.8) is 0 Å². The van der Waals surface area contributed by atoms with Gasteiger partial charge in [-0.25, -0.2) is 0 Å². The van der Waals surface area contributed by atoms with Crippen molar-refractivity contribution in [2.24, 2.45) is 4.99 Å². The second-order valence-electron chi connectivity index (χ2n) is 7.69. The minimum atomic E-state index is -0.281. The highest BCUT2D eigenvalue weighted by Crippen LogP contribution is 2.29. The van der Waals surface area contributed by atoms with E-state index in [1.165, 1.54) is 0 Å². The molecule has 0 spiro atoms. The number of rotatable bonds is 6. The van der Waals surface area contributed by atoms with E-state index in [4.69, 9.17) is 27.9 Å². The molecule has 0 saturated carbocycles. The van der Waals surface area contributed by atoms with Gasteiger partial charge < -0.3 is 10.1 Å². The quantitative estimate of drug-likeness (QED) is 0.292. The van der Waals surface area contributed by atoms with E-state index in [-0.39, 0.29) is 12.5 Å². The highest BCUT2D eigenvalue weighted by molar-refractivity contribution is 6.31. The van der Waals surface area contributed by atoms with Crippen molar-refractivity contribution >= 4 is 57.5 Å². The van der Waals surface area contributed by atoms with E-state index in [2.05, 4.69) is 10.3 Å². The van der Waals surface area contributed by atoms with Gasteiger partial charge in [-0.1, -0.05) is 65.7 Å². The van der Waals surface area contributed by atoms with Gasteiger partial charge in [-0.15, -0.1) is 0 Å². The number of carbonyl (C=O) groups excluding carboxylic acids is 1. The number of aliphatic imine (C=N–C) groups is 1.